The summed E-state index contributed by atoms with van der Waals surface area (Å²) in [6.07, 6.45) is 1.40. The van der Waals surface area contributed by atoms with Crippen LogP contribution in [0.25, 0.3) is 33.1 Å². The van der Waals surface area contributed by atoms with Crippen LogP contribution in [-0.2, 0) is 14.8 Å². The van der Waals surface area contributed by atoms with Crippen LogP contribution >= 0.6 is 0 Å². The molecule has 0 radical (unpaired) electrons. The topological polar surface area (TPSA) is 103 Å². The molecular formula is C34H33NO7S. The number of carbonyl (C=O) groups is 2. The maximum atomic E-state index is 13.3. The predicted octanol–water partition coefficient (Wildman–Crippen LogP) is 7.46. The van der Waals surface area contributed by atoms with Crippen molar-refractivity contribution in [2.75, 3.05) is 19.7 Å². The van der Waals surface area contributed by atoms with Gasteiger partial charge in [0.2, 0.25) is 10.0 Å². The third kappa shape index (κ3) is 5.91. The Morgan fingerprint density at radius 3 is 2.02 bits per heavy atom. The molecule has 43 heavy (non-hydrogen) atoms. The number of benzene rings is 4. The van der Waals surface area contributed by atoms with Crippen LogP contribution < -0.4 is 4.74 Å². The molecule has 1 aromatic heterocycles. The number of nitrogens with zero attached hydrogens (tertiary/aromatic N) is 1. The van der Waals surface area contributed by atoms with E-state index in [0.717, 1.165) is 0 Å². The van der Waals surface area contributed by atoms with Gasteiger partial charge in [0.25, 0.3) is 0 Å². The number of furan rings is 1. The van der Waals surface area contributed by atoms with Crippen molar-refractivity contribution in [2.45, 2.75) is 38.5 Å². The summed E-state index contributed by atoms with van der Waals surface area (Å²) in [5.74, 6) is -0.631. The van der Waals surface area contributed by atoms with Gasteiger partial charge in [0, 0.05) is 34.8 Å². The van der Waals surface area contributed by atoms with Crippen LogP contribution in [0.1, 0.15) is 54.3 Å². The molecule has 0 saturated carbocycles. The Hall–Kier alpha value is -4.47. The van der Waals surface area contributed by atoms with Gasteiger partial charge in [-0.1, -0.05) is 68.4 Å². The second kappa shape index (κ2) is 12.8. The minimum atomic E-state index is -3.69. The lowest BCUT2D eigenvalue weighted by atomic mass is 10.0. The number of hydrogen-bond acceptors (Lipinski definition) is 7. The Kier molecular flexibility index (Phi) is 8.94. The molecule has 0 aliphatic carbocycles. The third-order valence-electron chi connectivity index (χ3n) is 7.05. The van der Waals surface area contributed by atoms with E-state index in [0.29, 0.717) is 59.0 Å². The van der Waals surface area contributed by atoms with Gasteiger partial charge in [-0.3, -0.25) is 0 Å². The lowest BCUT2D eigenvalue weighted by molar-refractivity contribution is 0.0528. The van der Waals surface area contributed by atoms with Crippen molar-refractivity contribution >= 4 is 43.7 Å². The summed E-state index contributed by atoms with van der Waals surface area (Å²) in [5.41, 5.74) is 1.60. The molecule has 1 heterocycles. The molecule has 0 aliphatic heterocycles. The maximum absolute atomic E-state index is 13.3. The van der Waals surface area contributed by atoms with Gasteiger partial charge < -0.3 is 13.9 Å². The molecule has 0 fully saturated rings. The molecule has 0 atom stereocenters. The first-order chi connectivity index (χ1) is 20.8. The van der Waals surface area contributed by atoms with E-state index in [1.807, 2.05) is 62.4 Å². The number of sulfonamides is 1. The van der Waals surface area contributed by atoms with Crippen LogP contribution in [0.3, 0.4) is 0 Å². The molecule has 4 aromatic carbocycles. The summed E-state index contributed by atoms with van der Waals surface area (Å²) in [4.78, 5) is 26.7. The van der Waals surface area contributed by atoms with Gasteiger partial charge in [0.1, 0.15) is 22.7 Å². The number of esters is 2. The Morgan fingerprint density at radius 2 is 1.40 bits per heavy atom. The van der Waals surface area contributed by atoms with E-state index >= 15 is 0 Å². The lowest BCUT2D eigenvalue weighted by Gasteiger charge is -2.21. The summed E-state index contributed by atoms with van der Waals surface area (Å²) in [6.45, 7) is 6.61. The van der Waals surface area contributed by atoms with E-state index in [-0.39, 0.29) is 28.4 Å². The highest BCUT2D eigenvalue weighted by molar-refractivity contribution is 7.89. The van der Waals surface area contributed by atoms with Gasteiger partial charge in [-0.15, -0.1) is 0 Å². The van der Waals surface area contributed by atoms with Crippen molar-refractivity contribution in [1.29, 1.82) is 0 Å². The molecule has 0 bridgehead atoms. The van der Waals surface area contributed by atoms with Crippen molar-refractivity contribution in [2.24, 2.45) is 0 Å². The highest BCUT2D eigenvalue weighted by Gasteiger charge is 2.27. The van der Waals surface area contributed by atoms with Crippen molar-refractivity contribution in [1.82, 2.24) is 4.31 Å². The van der Waals surface area contributed by atoms with E-state index in [1.54, 1.807) is 19.1 Å². The monoisotopic (exact) mass is 599 g/mol. The maximum Gasteiger partial charge on any atom is 0.343 e. The number of fused-ring (bicyclic) bond motifs is 3. The van der Waals surface area contributed by atoms with E-state index in [2.05, 4.69) is 0 Å². The molecular weight excluding hydrogens is 566 g/mol. The van der Waals surface area contributed by atoms with Gasteiger partial charge in [-0.25, -0.2) is 18.0 Å². The zero-order valence-corrected chi connectivity index (χ0v) is 25.1. The van der Waals surface area contributed by atoms with Gasteiger partial charge in [-0.05, 0) is 50.1 Å². The molecule has 5 rings (SSSR count). The van der Waals surface area contributed by atoms with Gasteiger partial charge >= 0.3 is 11.9 Å². The van der Waals surface area contributed by atoms with E-state index in [1.165, 1.54) is 28.6 Å². The molecule has 5 aromatic rings. The average Bonchev–Trinajstić information content (AvgIpc) is 3.41. The van der Waals surface area contributed by atoms with Crippen LogP contribution in [0.2, 0.25) is 0 Å². The fraction of sp³-hybridized carbons (Fsp3) is 0.235. The van der Waals surface area contributed by atoms with Gasteiger partial charge in [0.15, 0.2) is 0 Å². The van der Waals surface area contributed by atoms with Gasteiger partial charge in [-0.2, -0.15) is 4.31 Å². The number of ether oxygens (including phenoxy) is 2. The third-order valence-corrected chi connectivity index (χ3v) is 8.96. The summed E-state index contributed by atoms with van der Waals surface area (Å²) >= 11 is 0. The first-order valence-electron chi connectivity index (χ1n) is 14.3. The van der Waals surface area contributed by atoms with E-state index in [9.17, 15) is 18.0 Å². The Bertz CT molecular complexity index is 1870. The fourth-order valence-electron chi connectivity index (χ4n) is 5.09. The molecule has 0 amide bonds. The van der Waals surface area contributed by atoms with Crippen molar-refractivity contribution < 1.29 is 31.9 Å². The fourth-order valence-corrected chi connectivity index (χ4v) is 6.72. The zero-order chi connectivity index (χ0) is 30.6. The molecule has 222 valence electrons. The number of rotatable bonds is 11. The molecule has 0 N–H and O–H groups in total. The van der Waals surface area contributed by atoms with Crippen molar-refractivity contribution in [3.63, 3.8) is 0 Å². The van der Waals surface area contributed by atoms with Crippen molar-refractivity contribution in [3.8, 4) is 17.1 Å². The van der Waals surface area contributed by atoms with Crippen LogP contribution in [0.4, 0.5) is 0 Å². The molecule has 9 heteroatoms. The molecule has 0 aliphatic rings. The quantitative estimate of drug-likeness (QED) is 0.115. The van der Waals surface area contributed by atoms with E-state index < -0.39 is 22.0 Å². The van der Waals surface area contributed by atoms with Gasteiger partial charge in [0.05, 0.1) is 17.1 Å². The standard InChI is InChI=1S/C34H33NO7S/c1-4-20-35(21-5-2)43(38,39)25-18-16-24(17-19-25)33(36)41-29-22-28-30(34(37)40-6-3)31(23-12-8-7-9-13-23)42-32(28)27-15-11-10-14-26(27)29/h7-19,22H,4-6,20-21H2,1-3H3. The number of carbonyl (C=O) groups excluding carboxylic acids is 2. The Morgan fingerprint density at radius 1 is 0.767 bits per heavy atom. The largest absolute Gasteiger partial charge is 0.462 e. The predicted molar refractivity (Wildman–Crippen MR) is 166 cm³/mol. The SMILES string of the molecule is CCCN(CCC)S(=O)(=O)c1ccc(C(=O)Oc2cc3c(C(=O)OCC)c(-c4ccccc4)oc3c3ccccc23)cc1. The van der Waals surface area contributed by atoms with Crippen molar-refractivity contribution in [3.05, 3.63) is 96.1 Å². The zero-order valence-electron chi connectivity index (χ0n) is 24.3. The first-order valence-corrected chi connectivity index (χ1v) is 15.8. The second-order valence-corrected chi connectivity index (χ2v) is 11.9. The Labute approximate surface area is 250 Å². The minimum Gasteiger partial charge on any atom is -0.462 e. The summed E-state index contributed by atoms with van der Waals surface area (Å²) < 4.78 is 45.4. The molecule has 0 saturated heterocycles. The normalized spacial score (nSPS) is 11.7. The second-order valence-electron chi connectivity index (χ2n) is 10.0. The minimum absolute atomic E-state index is 0.115. The summed E-state index contributed by atoms with van der Waals surface area (Å²) in [5, 5.41) is 1.72. The molecule has 8 nitrogen and oxygen atoms in total. The Balaban J connectivity index is 1.56. The molecule has 0 unspecified atom stereocenters. The van der Waals surface area contributed by atoms with Crippen LogP contribution in [0.15, 0.2) is 94.2 Å². The van der Waals surface area contributed by atoms with E-state index in [4.69, 9.17) is 13.9 Å². The lowest BCUT2D eigenvalue weighted by Crippen LogP contribution is -2.32. The molecule has 0 spiro atoms. The summed E-state index contributed by atoms with van der Waals surface area (Å²) in [6, 6.07) is 23.9. The van der Waals surface area contributed by atoms with Crippen LogP contribution in [0.5, 0.6) is 5.75 Å². The highest BCUT2D eigenvalue weighted by Crippen LogP contribution is 2.41. The number of hydrogen-bond donors (Lipinski definition) is 0. The summed E-state index contributed by atoms with van der Waals surface area (Å²) in [7, 11) is -3.69. The first kappa shape index (κ1) is 30.0. The average molecular weight is 600 g/mol. The highest BCUT2D eigenvalue weighted by atomic mass is 32.2. The van der Waals surface area contributed by atoms with Crippen LogP contribution in [-0.4, -0.2) is 44.4 Å². The van der Waals surface area contributed by atoms with Crippen LogP contribution in [0, 0.1) is 0 Å². The smallest absolute Gasteiger partial charge is 0.343 e.